The second-order valence-corrected chi connectivity index (χ2v) is 2.96. The van der Waals surface area contributed by atoms with Crippen molar-refractivity contribution in [1.29, 1.82) is 0 Å². The van der Waals surface area contributed by atoms with E-state index < -0.39 is 0 Å². The molecule has 0 fully saturated rings. The maximum atomic E-state index is 5.22. The van der Waals surface area contributed by atoms with Crippen LogP contribution in [0.25, 0.3) is 0 Å². The summed E-state index contributed by atoms with van der Waals surface area (Å²) in [5.41, 5.74) is 5.18. The van der Waals surface area contributed by atoms with Crippen LogP contribution < -0.4 is 10.5 Å². The average molecular weight is 241 g/mol. The molecule has 0 aliphatic carbocycles. The van der Waals surface area contributed by atoms with Gasteiger partial charge >= 0.3 is 0 Å². The van der Waals surface area contributed by atoms with Gasteiger partial charge in [-0.2, -0.15) is 0 Å². The van der Waals surface area contributed by atoms with Crippen LogP contribution in [0.3, 0.4) is 0 Å². The third-order valence-electron chi connectivity index (χ3n) is 1.21. The standard InChI is InChI=1S/C9H9BrN2O/c10-8-4-3-5-9(12-8)13-7-2-1-6-11/h3-5H,6-7,11H2. The highest BCUT2D eigenvalue weighted by Gasteiger charge is 1.93. The lowest BCUT2D eigenvalue weighted by Crippen LogP contribution is -1.98. The third kappa shape index (κ3) is 3.92. The first kappa shape index (κ1) is 10.0. The van der Waals surface area contributed by atoms with Gasteiger partial charge in [0, 0.05) is 6.07 Å². The molecule has 0 spiro atoms. The Morgan fingerprint density at radius 1 is 1.46 bits per heavy atom. The van der Waals surface area contributed by atoms with Gasteiger partial charge in [-0.15, -0.1) is 0 Å². The van der Waals surface area contributed by atoms with Crippen LogP contribution in [0.2, 0.25) is 0 Å². The van der Waals surface area contributed by atoms with Crippen molar-refractivity contribution in [2.45, 2.75) is 0 Å². The van der Waals surface area contributed by atoms with E-state index in [1.165, 1.54) is 0 Å². The third-order valence-corrected chi connectivity index (χ3v) is 1.65. The van der Waals surface area contributed by atoms with Crippen LogP contribution in [-0.2, 0) is 0 Å². The molecular formula is C9H9BrN2O. The number of ether oxygens (including phenoxy) is 1. The van der Waals surface area contributed by atoms with E-state index in [2.05, 4.69) is 32.8 Å². The maximum Gasteiger partial charge on any atom is 0.215 e. The Morgan fingerprint density at radius 3 is 3.00 bits per heavy atom. The minimum atomic E-state index is 0.320. The zero-order valence-electron chi connectivity index (χ0n) is 6.96. The molecule has 0 atom stereocenters. The van der Waals surface area contributed by atoms with Crippen LogP contribution in [0.1, 0.15) is 0 Å². The molecule has 0 aromatic carbocycles. The van der Waals surface area contributed by atoms with Crippen LogP contribution in [-0.4, -0.2) is 18.1 Å². The predicted molar refractivity (Wildman–Crippen MR) is 54.3 cm³/mol. The van der Waals surface area contributed by atoms with Crippen molar-refractivity contribution in [3.8, 4) is 17.7 Å². The number of hydrogen-bond acceptors (Lipinski definition) is 3. The first-order chi connectivity index (χ1) is 6.33. The highest BCUT2D eigenvalue weighted by atomic mass is 79.9. The van der Waals surface area contributed by atoms with Gasteiger partial charge in [-0.25, -0.2) is 4.98 Å². The van der Waals surface area contributed by atoms with E-state index in [1.807, 2.05) is 12.1 Å². The number of halogens is 1. The molecule has 1 heterocycles. The Kier molecular flexibility index (Phi) is 4.30. The van der Waals surface area contributed by atoms with Crippen molar-refractivity contribution >= 4 is 15.9 Å². The predicted octanol–water partition coefficient (Wildman–Crippen LogP) is 1.18. The molecule has 1 aromatic rings. The Hall–Kier alpha value is -1.05. The summed E-state index contributed by atoms with van der Waals surface area (Å²) in [6.07, 6.45) is 0. The number of nitrogens with two attached hydrogens (primary N) is 1. The maximum absolute atomic E-state index is 5.22. The largest absolute Gasteiger partial charge is 0.464 e. The van der Waals surface area contributed by atoms with Crippen molar-refractivity contribution in [3.05, 3.63) is 22.8 Å². The SMILES string of the molecule is NCC#CCOc1cccc(Br)n1. The second kappa shape index (κ2) is 5.57. The Labute approximate surface area is 85.4 Å². The molecule has 0 aliphatic heterocycles. The summed E-state index contributed by atoms with van der Waals surface area (Å²) >= 11 is 3.24. The van der Waals surface area contributed by atoms with Gasteiger partial charge in [0.15, 0.2) is 6.61 Å². The first-order valence-corrected chi connectivity index (χ1v) is 4.53. The van der Waals surface area contributed by atoms with Crippen molar-refractivity contribution in [2.75, 3.05) is 13.2 Å². The van der Waals surface area contributed by atoms with Crippen LogP contribution in [0.15, 0.2) is 22.8 Å². The van der Waals surface area contributed by atoms with Crippen molar-refractivity contribution in [3.63, 3.8) is 0 Å². The number of rotatable bonds is 2. The first-order valence-electron chi connectivity index (χ1n) is 3.74. The van der Waals surface area contributed by atoms with Crippen molar-refractivity contribution < 1.29 is 4.74 Å². The van der Waals surface area contributed by atoms with Crippen LogP contribution in [0.5, 0.6) is 5.88 Å². The molecule has 0 amide bonds. The van der Waals surface area contributed by atoms with Crippen molar-refractivity contribution in [1.82, 2.24) is 4.98 Å². The van der Waals surface area contributed by atoms with E-state index >= 15 is 0 Å². The van der Waals surface area contributed by atoms with Gasteiger partial charge in [0.25, 0.3) is 0 Å². The summed E-state index contributed by atoms with van der Waals surface area (Å²) in [5, 5.41) is 0. The lowest BCUT2D eigenvalue weighted by Gasteiger charge is -1.99. The minimum absolute atomic E-state index is 0.320. The molecule has 13 heavy (non-hydrogen) atoms. The molecule has 68 valence electrons. The summed E-state index contributed by atoms with van der Waals surface area (Å²) in [5.74, 6) is 6.00. The molecule has 0 saturated carbocycles. The molecule has 0 aliphatic rings. The fourth-order valence-electron chi connectivity index (χ4n) is 0.703. The summed E-state index contributed by atoms with van der Waals surface area (Å²) in [4.78, 5) is 4.07. The van der Waals surface area contributed by atoms with Gasteiger partial charge in [-0.3, -0.25) is 0 Å². The lowest BCUT2D eigenvalue weighted by molar-refractivity contribution is 0.354. The zero-order valence-corrected chi connectivity index (χ0v) is 8.54. The van der Waals surface area contributed by atoms with Gasteiger partial charge in [-0.1, -0.05) is 17.9 Å². The molecule has 0 bridgehead atoms. The lowest BCUT2D eigenvalue weighted by atomic mass is 10.5. The van der Waals surface area contributed by atoms with E-state index in [-0.39, 0.29) is 0 Å². The van der Waals surface area contributed by atoms with Gasteiger partial charge < -0.3 is 10.5 Å². The summed E-state index contributed by atoms with van der Waals surface area (Å²) < 4.78 is 5.97. The monoisotopic (exact) mass is 240 g/mol. The number of nitrogens with zero attached hydrogens (tertiary/aromatic N) is 1. The zero-order chi connectivity index (χ0) is 9.52. The van der Waals surface area contributed by atoms with Crippen LogP contribution in [0.4, 0.5) is 0 Å². The van der Waals surface area contributed by atoms with E-state index in [4.69, 9.17) is 10.5 Å². The molecule has 0 unspecified atom stereocenters. The highest BCUT2D eigenvalue weighted by molar-refractivity contribution is 9.10. The molecule has 3 nitrogen and oxygen atoms in total. The number of aromatic nitrogens is 1. The summed E-state index contributed by atoms with van der Waals surface area (Å²) in [7, 11) is 0. The van der Waals surface area contributed by atoms with Crippen LogP contribution in [0, 0.1) is 11.8 Å². The fourth-order valence-corrected chi connectivity index (χ4v) is 1.03. The highest BCUT2D eigenvalue weighted by Crippen LogP contribution is 2.11. The molecule has 0 saturated heterocycles. The van der Waals surface area contributed by atoms with E-state index in [9.17, 15) is 0 Å². The minimum Gasteiger partial charge on any atom is -0.464 e. The smallest absolute Gasteiger partial charge is 0.215 e. The van der Waals surface area contributed by atoms with Crippen LogP contribution >= 0.6 is 15.9 Å². The quantitative estimate of drug-likeness (QED) is 0.624. The number of pyridine rings is 1. The van der Waals surface area contributed by atoms with E-state index in [0.29, 0.717) is 19.0 Å². The molecule has 1 aromatic heterocycles. The van der Waals surface area contributed by atoms with E-state index in [1.54, 1.807) is 6.07 Å². The second-order valence-electron chi connectivity index (χ2n) is 2.14. The summed E-state index contributed by atoms with van der Waals surface area (Å²) in [6, 6.07) is 5.45. The molecule has 4 heteroatoms. The van der Waals surface area contributed by atoms with Gasteiger partial charge in [-0.05, 0) is 22.0 Å². The summed E-state index contributed by atoms with van der Waals surface area (Å²) in [6.45, 7) is 0.677. The van der Waals surface area contributed by atoms with Gasteiger partial charge in [0.05, 0.1) is 6.54 Å². The Balaban J connectivity index is 2.45. The molecular weight excluding hydrogens is 232 g/mol. The topological polar surface area (TPSA) is 48.1 Å². The van der Waals surface area contributed by atoms with Crippen molar-refractivity contribution in [2.24, 2.45) is 5.73 Å². The average Bonchev–Trinajstić information content (AvgIpc) is 2.13. The van der Waals surface area contributed by atoms with E-state index in [0.717, 1.165) is 4.60 Å². The fraction of sp³-hybridized carbons (Fsp3) is 0.222. The Morgan fingerprint density at radius 2 is 2.31 bits per heavy atom. The Bertz CT molecular complexity index is 330. The molecule has 2 N–H and O–H groups in total. The number of hydrogen-bond donors (Lipinski definition) is 1. The normalized spacial score (nSPS) is 8.77. The molecule has 1 rings (SSSR count). The van der Waals surface area contributed by atoms with Gasteiger partial charge in [0.1, 0.15) is 4.60 Å². The van der Waals surface area contributed by atoms with Gasteiger partial charge in [0.2, 0.25) is 5.88 Å². The molecule has 0 radical (unpaired) electrons.